The number of carbonyl (C=O) groups excluding carboxylic acids is 2. The molecule has 9 nitrogen and oxygen atoms in total. The second kappa shape index (κ2) is 10.8. The van der Waals surface area contributed by atoms with Crippen LogP contribution in [0.4, 0.5) is 8.78 Å². The number of ether oxygens (including phenoxy) is 2. The predicted molar refractivity (Wildman–Crippen MR) is 115 cm³/mol. The molecule has 176 valence electrons. The lowest BCUT2D eigenvalue weighted by atomic mass is 9.87. The van der Waals surface area contributed by atoms with Crippen molar-refractivity contribution < 1.29 is 27.8 Å². The first-order valence-electron chi connectivity index (χ1n) is 10.2. The lowest BCUT2D eigenvalue weighted by Crippen LogP contribution is -2.62. The molecule has 2 amide bonds. The average molecular weight is 461 g/mol. The van der Waals surface area contributed by atoms with E-state index in [9.17, 15) is 18.4 Å². The van der Waals surface area contributed by atoms with E-state index in [-0.39, 0.29) is 24.0 Å². The van der Waals surface area contributed by atoms with E-state index < -0.39 is 29.0 Å². The largest absolute Gasteiger partial charge is 0.480 e. The lowest BCUT2D eigenvalue weighted by Gasteiger charge is -2.36. The standard InChI is InChI=1S/C22H25F2N5O4/c1-32-19-15(13-27-21(28-19)33-2)4-6-18(30)29-22(7-9-25-10-8-22)20(31)26-12-14-3-5-16(23)11-17(14)24/h3-6,11,13,25H,7-10,12H2,1-2H3,(H,26,31)(H,29,30)/b6-4+. The number of amides is 2. The summed E-state index contributed by atoms with van der Waals surface area (Å²) in [5.41, 5.74) is -0.584. The zero-order valence-corrected chi connectivity index (χ0v) is 18.3. The van der Waals surface area contributed by atoms with E-state index in [0.717, 1.165) is 12.1 Å². The van der Waals surface area contributed by atoms with Crippen LogP contribution in [0.2, 0.25) is 0 Å². The number of halogens is 2. The molecule has 1 fully saturated rings. The van der Waals surface area contributed by atoms with E-state index >= 15 is 0 Å². The van der Waals surface area contributed by atoms with Crippen LogP contribution in [0.1, 0.15) is 24.0 Å². The molecule has 0 spiro atoms. The minimum Gasteiger partial charge on any atom is -0.480 e. The predicted octanol–water partition coefficient (Wildman–Crippen LogP) is 1.34. The Labute approximate surface area is 189 Å². The van der Waals surface area contributed by atoms with E-state index in [1.165, 1.54) is 38.6 Å². The molecule has 0 aliphatic carbocycles. The van der Waals surface area contributed by atoms with Crippen LogP contribution in [0, 0.1) is 11.6 Å². The summed E-state index contributed by atoms with van der Waals surface area (Å²) >= 11 is 0. The molecule has 0 unspecified atom stereocenters. The summed E-state index contributed by atoms with van der Waals surface area (Å²) in [7, 11) is 2.85. The van der Waals surface area contributed by atoms with E-state index in [1.807, 2.05) is 0 Å². The van der Waals surface area contributed by atoms with Gasteiger partial charge in [0.2, 0.25) is 17.7 Å². The van der Waals surface area contributed by atoms with E-state index in [2.05, 4.69) is 25.9 Å². The molecule has 0 radical (unpaired) electrons. The number of rotatable bonds is 8. The molecule has 0 bridgehead atoms. The van der Waals surface area contributed by atoms with Crippen LogP contribution in [-0.4, -0.2) is 54.6 Å². The smallest absolute Gasteiger partial charge is 0.319 e. The Hall–Kier alpha value is -3.60. The van der Waals surface area contributed by atoms with Crippen molar-refractivity contribution in [2.24, 2.45) is 0 Å². The highest BCUT2D eigenvalue weighted by Gasteiger charge is 2.40. The second-order valence-corrected chi connectivity index (χ2v) is 7.39. The molecule has 1 saturated heterocycles. The highest BCUT2D eigenvalue weighted by Crippen LogP contribution is 2.21. The maximum Gasteiger partial charge on any atom is 0.319 e. The van der Waals surface area contributed by atoms with E-state index in [1.54, 1.807) is 0 Å². The number of piperidine rings is 1. The second-order valence-electron chi connectivity index (χ2n) is 7.39. The summed E-state index contributed by atoms with van der Waals surface area (Å²) in [6.07, 6.45) is 4.86. The molecule has 2 heterocycles. The number of hydrogen-bond acceptors (Lipinski definition) is 7. The maximum absolute atomic E-state index is 13.9. The first-order chi connectivity index (χ1) is 15.9. The molecule has 3 N–H and O–H groups in total. The number of hydrogen-bond donors (Lipinski definition) is 3. The molecule has 1 aliphatic heterocycles. The number of methoxy groups -OCH3 is 2. The monoisotopic (exact) mass is 461 g/mol. The molecule has 0 atom stereocenters. The SMILES string of the molecule is COc1ncc(/C=C/C(=O)NC2(C(=O)NCc3ccc(F)cc3F)CCNCC2)c(OC)n1. The van der Waals surface area contributed by atoms with Crippen molar-refractivity contribution in [1.82, 2.24) is 25.9 Å². The van der Waals surface area contributed by atoms with Gasteiger partial charge in [-0.2, -0.15) is 4.98 Å². The Morgan fingerprint density at radius 2 is 1.97 bits per heavy atom. The molecule has 11 heteroatoms. The Kier molecular flexibility index (Phi) is 7.88. The normalized spacial score (nSPS) is 15.2. The van der Waals surface area contributed by atoms with Crippen molar-refractivity contribution in [1.29, 1.82) is 0 Å². The highest BCUT2D eigenvalue weighted by atomic mass is 19.1. The van der Waals surface area contributed by atoms with Gasteiger partial charge in [-0.3, -0.25) is 9.59 Å². The Morgan fingerprint density at radius 3 is 2.64 bits per heavy atom. The third-order valence-corrected chi connectivity index (χ3v) is 5.26. The number of carbonyl (C=O) groups is 2. The molecule has 2 aromatic rings. The summed E-state index contributed by atoms with van der Waals surface area (Å²) in [6.45, 7) is 0.900. The third kappa shape index (κ3) is 6.01. The van der Waals surface area contributed by atoms with Gasteiger partial charge < -0.3 is 25.4 Å². The van der Waals surface area contributed by atoms with E-state index in [0.29, 0.717) is 31.5 Å². The summed E-state index contributed by atoms with van der Waals surface area (Å²) in [5.74, 6) is -2.17. The van der Waals surface area contributed by atoms with Crippen molar-refractivity contribution in [2.75, 3.05) is 27.3 Å². The number of benzene rings is 1. The maximum atomic E-state index is 13.9. The first kappa shape index (κ1) is 24.1. The molecule has 3 rings (SSSR count). The first-order valence-corrected chi connectivity index (χ1v) is 10.2. The van der Waals surface area contributed by atoms with Crippen LogP contribution < -0.4 is 25.4 Å². The molecule has 33 heavy (non-hydrogen) atoms. The van der Waals surface area contributed by atoms with Crippen molar-refractivity contribution in [3.63, 3.8) is 0 Å². The van der Waals surface area contributed by atoms with Crippen molar-refractivity contribution >= 4 is 17.9 Å². The van der Waals surface area contributed by atoms with Gasteiger partial charge in [0.25, 0.3) is 0 Å². The lowest BCUT2D eigenvalue weighted by molar-refractivity contribution is -0.133. The minimum absolute atomic E-state index is 0.122. The van der Waals surface area contributed by atoms with Gasteiger partial charge in [-0.25, -0.2) is 13.8 Å². The van der Waals surface area contributed by atoms with Crippen LogP contribution in [-0.2, 0) is 16.1 Å². The van der Waals surface area contributed by atoms with Crippen LogP contribution in [0.15, 0.2) is 30.5 Å². The van der Waals surface area contributed by atoms with Gasteiger partial charge in [-0.1, -0.05) is 6.07 Å². The van der Waals surface area contributed by atoms with Crippen molar-refractivity contribution in [3.8, 4) is 11.9 Å². The fourth-order valence-corrected chi connectivity index (χ4v) is 3.45. The van der Waals surface area contributed by atoms with E-state index in [4.69, 9.17) is 9.47 Å². The molecular weight excluding hydrogens is 436 g/mol. The van der Waals surface area contributed by atoms with Crippen LogP contribution in [0.3, 0.4) is 0 Å². The summed E-state index contributed by atoms with van der Waals surface area (Å²) in [6, 6.07) is 3.27. The van der Waals surface area contributed by atoms with Crippen LogP contribution >= 0.6 is 0 Å². The zero-order valence-electron chi connectivity index (χ0n) is 18.3. The average Bonchev–Trinajstić information content (AvgIpc) is 2.82. The number of nitrogens with one attached hydrogen (secondary N) is 3. The van der Waals surface area contributed by atoms with Gasteiger partial charge >= 0.3 is 6.01 Å². The summed E-state index contributed by atoms with van der Waals surface area (Å²) in [5, 5.41) is 8.59. The summed E-state index contributed by atoms with van der Waals surface area (Å²) < 4.78 is 37.1. The van der Waals surface area contributed by atoms with Crippen molar-refractivity contribution in [3.05, 3.63) is 53.2 Å². The Balaban J connectivity index is 1.71. The van der Waals surface area contributed by atoms with Crippen LogP contribution in [0.25, 0.3) is 6.08 Å². The molecule has 1 aliphatic rings. The van der Waals surface area contributed by atoms with Gasteiger partial charge in [0.1, 0.15) is 17.2 Å². The van der Waals surface area contributed by atoms with Crippen LogP contribution in [0.5, 0.6) is 11.9 Å². The quantitative estimate of drug-likeness (QED) is 0.509. The third-order valence-electron chi connectivity index (χ3n) is 5.26. The van der Waals surface area contributed by atoms with Gasteiger partial charge in [0.15, 0.2) is 0 Å². The summed E-state index contributed by atoms with van der Waals surface area (Å²) in [4.78, 5) is 33.7. The topological polar surface area (TPSA) is 114 Å². The van der Waals surface area contributed by atoms with Gasteiger partial charge in [-0.15, -0.1) is 0 Å². The number of nitrogens with zero attached hydrogens (tertiary/aromatic N) is 2. The van der Waals surface area contributed by atoms with Crippen molar-refractivity contribution in [2.45, 2.75) is 24.9 Å². The highest BCUT2D eigenvalue weighted by molar-refractivity contribution is 5.97. The number of aromatic nitrogens is 2. The van der Waals surface area contributed by atoms with Gasteiger partial charge in [0.05, 0.1) is 19.8 Å². The fourth-order valence-electron chi connectivity index (χ4n) is 3.45. The molecule has 0 saturated carbocycles. The van der Waals surface area contributed by atoms with Gasteiger partial charge in [0, 0.05) is 30.4 Å². The minimum atomic E-state index is -1.18. The van der Waals surface area contributed by atoms with Gasteiger partial charge in [-0.05, 0) is 38.1 Å². The molecule has 1 aromatic heterocycles. The molecule has 1 aromatic carbocycles. The Bertz CT molecular complexity index is 1040. The zero-order chi connectivity index (χ0) is 23.8. The fraction of sp³-hybridized carbons (Fsp3) is 0.364. The Morgan fingerprint density at radius 1 is 1.21 bits per heavy atom. The molecular formula is C22H25F2N5O4.